The zero-order chi connectivity index (χ0) is 10.0. The molecule has 1 aromatic rings. The summed E-state index contributed by atoms with van der Waals surface area (Å²) in [5.41, 5.74) is 0.0875. The van der Waals surface area contributed by atoms with Crippen molar-refractivity contribution in [2.45, 2.75) is 31.4 Å². The van der Waals surface area contributed by atoms with E-state index in [1.165, 1.54) is 0 Å². The number of pyridine rings is 1. The molecule has 1 aliphatic heterocycles. The molecule has 0 saturated carbocycles. The van der Waals surface area contributed by atoms with Crippen LogP contribution in [0, 0.1) is 0 Å². The zero-order valence-electron chi connectivity index (χ0n) is 8.40. The molecule has 1 aliphatic rings. The van der Waals surface area contributed by atoms with Gasteiger partial charge in [0.1, 0.15) is 5.60 Å². The highest BCUT2D eigenvalue weighted by atomic mass is 16.3. The largest absolute Gasteiger partial charge is 0.384 e. The normalized spacial score (nSPS) is 26.0. The quantitative estimate of drug-likeness (QED) is 0.736. The number of rotatable bonds is 2. The summed E-state index contributed by atoms with van der Waals surface area (Å²) in [6, 6.07) is 3.94. The molecule has 2 N–H and O–H groups in total. The smallest absolute Gasteiger partial charge is 0.104 e. The van der Waals surface area contributed by atoms with Crippen LogP contribution >= 0.6 is 0 Å². The molecular weight excluding hydrogens is 176 g/mol. The first-order valence-corrected chi connectivity index (χ1v) is 5.07. The Morgan fingerprint density at radius 1 is 1.64 bits per heavy atom. The Kier molecular flexibility index (Phi) is 2.52. The van der Waals surface area contributed by atoms with Crippen LogP contribution in [0.4, 0.5) is 0 Å². The first-order valence-electron chi connectivity index (χ1n) is 5.07. The van der Waals surface area contributed by atoms with Crippen molar-refractivity contribution < 1.29 is 5.11 Å². The average Bonchev–Trinajstić information content (AvgIpc) is 2.72. The lowest BCUT2D eigenvalue weighted by molar-refractivity contribution is 0.0215. The predicted molar refractivity (Wildman–Crippen MR) is 54.8 cm³/mol. The Morgan fingerprint density at radius 3 is 3.07 bits per heavy atom. The molecule has 76 valence electrons. The monoisotopic (exact) mass is 192 g/mol. The number of nitrogens with one attached hydrogen (secondary N) is 1. The van der Waals surface area contributed by atoms with E-state index in [-0.39, 0.29) is 6.04 Å². The number of aromatic nitrogens is 1. The molecule has 2 atom stereocenters. The molecule has 2 unspecified atom stereocenters. The van der Waals surface area contributed by atoms with E-state index >= 15 is 0 Å². The Bertz CT molecular complexity index is 291. The fourth-order valence-corrected chi connectivity index (χ4v) is 2.03. The maximum absolute atomic E-state index is 10.4. The third-order valence-corrected chi connectivity index (χ3v) is 2.98. The van der Waals surface area contributed by atoms with Crippen LogP contribution in [0.1, 0.15) is 25.3 Å². The predicted octanol–water partition coefficient (Wildman–Crippen LogP) is 1.04. The van der Waals surface area contributed by atoms with Gasteiger partial charge in [-0.1, -0.05) is 6.07 Å². The highest BCUT2D eigenvalue weighted by Crippen LogP contribution is 2.28. The van der Waals surface area contributed by atoms with Crippen LogP contribution in [-0.2, 0) is 5.60 Å². The number of hydrogen-bond donors (Lipinski definition) is 2. The van der Waals surface area contributed by atoms with Crippen molar-refractivity contribution in [2.24, 2.45) is 0 Å². The van der Waals surface area contributed by atoms with Crippen LogP contribution in [0.15, 0.2) is 24.5 Å². The molecule has 1 fully saturated rings. The summed E-state index contributed by atoms with van der Waals surface area (Å²) in [5, 5.41) is 13.7. The maximum atomic E-state index is 10.4. The van der Waals surface area contributed by atoms with E-state index < -0.39 is 5.60 Å². The van der Waals surface area contributed by atoms with Crippen molar-refractivity contribution in [1.82, 2.24) is 10.3 Å². The van der Waals surface area contributed by atoms with E-state index in [0.717, 1.165) is 24.9 Å². The maximum Gasteiger partial charge on any atom is 0.104 e. The lowest BCUT2D eigenvalue weighted by Gasteiger charge is -2.30. The average molecular weight is 192 g/mol. The standard InChI is InChI=1S/C11H16N2O/c1-11(14,10-5-3-7-13-10)9-4-2-6-12-8-9/h2,4,6,8,10,13-14H,3,5,7H2,1H3. The SMILES string of the molecule is CC(O)(c1cccnc1)C1CCCN1. The topological polar surface area (TPSA) is 45.2 Å². The summed E-state index contributed by atoms with van der Waals surface area (Å²) in [6.45, 7) is 2.86. The zero-order valence-corrected chi connectivity index (χ0v) is 8.40. The van der Waals surface area contributed by atoms with Gasteiger partial charge in [-0.2, -0.15) is 0 Å². The minimum atomic E-state index is -0.801. The molecule has 0 spiro atoms. The Hall–Kier alpha value is -0.930. The summed E-state index contributed by atoms with van der Waals surface area (Å²) >= 11 is 0. The van der Waals surface area contributed by atoms with Gasteiger partial charge < -0.3 is 10.4 Å². The second kappa shape index (κ2) is 3.67. The van der Waals surface area contributed by atoms with Gasteiger partial charge in [-0.3, -0.25) is 4.98 Å². The van der Waals surface area contributed by atoms with Gasteiger partial charge in [-0.05, 0) is 32.4 Å². The molecule has 0 bridgehead atoms. The van der Waals surface area contributed by atoms with Crippen LogP contribution < -0.4 is 5.32 Å². The second-order valence-corrected chi connectivity index (χ2v) is 4.04. The van der Waals surface area contributed by atoms with Crippen LogP contribution in [0.25, 0.3) is 0 Å². The molecule has 0 aliphatic carbocycles. The molecule has 2 heterocycles. The molecule has 1 saturated heterocycles. The Morgan fingerprint density at radius 2 is 2.50 bits per heavy atom. The molecule has 0 radical (unpaired) electrons. The fourth-order valence-electron chi connectivity index (χ4n) is 2.03. The summed E-state index contributed by atoms with van der Waals surface area (Å²) in [6.07, 6.45) is 5.63. The van der Waals surface area contributed by atoms with E-state index in [0.29, 0.717) is 0 Å². The first-order chi connectivity index (χ1) is 6.71. The molecule has 2 rings (SSSR count). The van der Waals surface area contributed by atoms with Gasteiger partial charge in [0.05, 0.1) is 0 Å². The molecule has 0 amide bonds. The van der Waals surface area contributed by atoms with Gasteiger partial charge in [0.25, 0.3) is 0 Å². The van der Waals surface area contributed by atoms with Crippen LogP contribution in [0.3, 0.4) is 0 Å². The van der Waals surface area contributed by atoms with Crippen LogP contribution in [0.2, 0.25) is 0 Å². The van der Waals surface area contributed by atoms with E-state index in [2.05, 4.69) is 10.3 Å². The van der Waals surface area contributed by atoms with Gasteiger partial charge in [-0.15, -0.1) is 0 Å². The van der Waals surface area contributed by atoms with E-state index in [1.54, 1.807) is 12.4 Å². The molecule has 3 nitrogen and oxygen atoms in total. The number of hydrogen-bond acceptors (Lipinski definition) is 3. The number of aliphatic hydroxyl groups is 1. The summed E-state index contributed by atoms with van der Waals surface area (Å²) < 4.78 is 0. The van der Waals surface area contributed by atoms with E-state index in [1.807, 2.05) is 19.1 Å². The van der Waals surface area contributed by atoms with E-state index in [9.17, 15) is 5.11 Å². The number of nitrogens with zero attached hydrogens (tertiary/aromatic N) is 1. The lowest BCUT2D eigenvalue weighted by atomic mass is 9.88. The van der Waals surface area contributed by atoms with Gasteiger partial charge in [0.2, 0.25) is 0 Å². The van der Waals surface area contributed by atoms with Crippen molar-refractivity contribution in [3.63, 3.8) is 0 Å². The second-order valence-electron chi connectivity index (χ2n) is 4.04. The highest BCUT2D eigenvalue weighted by molar-refractivity contribution is 5.20. The van der Waals surface area contributed by atoms with Crippen molar-refractivity contribution in [1.29, 1.82) is 0 Å². The molecule has 0 aromatic carbocycles. The van der Waals surface area contributed by atoms with Gasteiger partial charge in [0.15, 0.2) is 0 Å². The summed E-state index contributed by atoms with van der Waals surface area (Å²) in [5.74, 6) is 0. The Labute approximate surface area is 84.2 Å². The van der Waals surface area contributed by atoms with Gasteiger partial charge in [-0.25, -0.2) is 0 Å². The van der Waals surface area contributed by atoms with Crippen molar-refractivity contribution in [2.75, 3.05) is 6.54 Å². The van der Waals surface area contributed by atoms with E-state index in [4.69, 9.17) is 0 Å². The first kappa shape index (κ1) is 9.62. The van der Waals surface area contributed by atoms with Crippen LogP contribution in [0.5, 0.6) is 0 Å². The van der Waals surface area contributed by atoms with Crippen LogP contribution in [-0.4, -0.2) is 22.7 Å². The van der Waals surface area contributed by atoms with Gasteiger partial charge >= 0.3 is 0 Å². The summed E-state index contributed by atoms with van der Waals surface area (Å²) in [7, 11) is 0. The minimum Gasteiger partial charge on any atom is -0.384 e. The summed E-state index contributed by atoms with van der Waals surface area (Å²) in [4.78, 5) is 4.03. The Balaban J connectivity index is 2.22. The molecular formula is C11H16N2O. The lowest BCUT2D eigenvalue weighted by Crippen LogP contribution is -2.42. The molecule has 3 heteroatoms. The fraction of sp³-hybridized carbons (Fsp3) is 0.545. The van der Waals surface area contributed by atoms with Crippen molar-refractivity contribution in [3.05, 3.63) is 30.1 Å². The van der Waals surface area contributed by atoms with Crippen molar-refractivity contribution in [3.8, 4) is 0 Å². The highest BCUT2D eigenvalue weighted by Gasteiger charge is 2.35. The third kappa shape index (κ3) is 1.65. The third-order valence-electron chi connectivity index (χ3n) is 2.98. The molecule has 14 heavy (non-hydrogen) atoms. The van der Waals surface area contributed by atoms with Crippen molar-refractivity contribution >= 4 is 0 Å². The molecule has 1 aromatic heterocycles. The minimum absolute atomic E-state index is 0.159. The van der Waals surface area contributed by atoms with Gasteiger partial charge in [0, 0.05) is 24.0 Å².